The normalized spacial score (nSPS) is 11.0. The maximum Gasteiger partial charge on any atom is 0.128 e. The molecule has 4 nitrogen and oxygen atoms in total. The second-order valence-electron chi connectivity index (χ2n) is 6.33. The average molecular weight is 344 g/mol. The van der Waals surface area contributed by atoms with Crippen LogP contribution in [0.2, 0.25) is 0 Å². The average Bonchev–Trinajstić information content (AvgIpc) is 2.67. The van der Waals surface area contributed by atoms with Gasteiger partial charge in [-0.05, 0) is 36.8 Å². The number of hydrogen-bond acceptors (Lipinski definition) is 4. The Kier molecular flexibility index (Phi) is 4.19. The van der Waals surface area contributed by atoms with Crippen LogP contribution in [0.1, 0.15) is 11.1 Å². The minimum absolute atomic E-state index is 0.125. The molecule has 0 aliphatic heterocycles. The first-order chi connectivity index (χ1) is 12.7. The first kappa shape index (κ1) is 16.4. The van der Waals surface area contributed by atoms with E-state index in [1.807, 2.05) is 36.4 Å². The molecule has 130 valence electrons. The van der Waals surface area contributed by atoms with Crippen molar-refractivity contribution >= 4 is 33.2 Å². The minimum Gasteiger partial charge on any atom is -0.496 e. The van der Waals surface area contributed by atoms with Gasteiger partial charge in [0.25, 0.3) is 0 Å². The summed E-state index contributed by atoms with van der Waals surface area (Å²) in [6.45, 7) is 1.93. The molecule has 4 heteroatoms. The quantitative estimate of drug-likeness (QED) is 0.515. The molecule has 4 rings (SSSR count). The van der Waals surface area contributed by atoms with Crippen molar-refractivity contribution in [1.29, 1.82) is 0 Å². The molecular weight excluding hydrogens is 324 g/mol. The monoisotopic (exact) mass is 344 g/mol. The highest BCUT2D eigenvalue weighted by Crippen LogP contribution is 2.37. The van der Waals surface area contributed by atoms with Crippen molar-refractivity contribution in [3.8, 4) is 5.75 Å². The lowest BCUT2D eigenvalue weighted by atomic mass is 10.0. The maximum atomic E-state index is 9.98. The van der Waals surface area contributed by atoms with Gasteiger partial charge in [0.05, 0.1) is 30.4 Å². The summed E-state index contributed by atoms with van der Waals surface area (Å²) in [7, 11) is 1.61. The minimum atomic E-state index is -0.125. The fraction of sp³-hybridized carbons (Fsp3) is 0.136. The van der Waals surface area contributed by atoms with Crippen LogP contribution in [-0.2, 0) is 6.61 Å². The highest BCUT2D eigenvalue weighted by atomic mass is 16.5. The summed E-state index contributed by atoms with van der Waals surface area (Å²) in [6.07, 6.45) is 0. The van der Waals surface area contributed by atoms with Crippen LogP contribution in [0.5, 0.6) is 5.75 Å². The van der Waals surface area contributed by atoms with Gasteiger partial charge >= 0.3 is 0 Å². The SMILES string of the molecule is COc1cc2nc3cc(C)ccc3cc2c(Nc2ccccc2)c1CO. The number of aryl methyl sites for hydroxylation is 1. The van der Waals surface area contributed by atoms with Crippen molar-refractivity contribution < 1.29 is 9.84 Å². The smallest absolute Gasteiger partial charge is 0.128 e. The lowest BCUT2D eigenvalue weighted by Crippen LogP contribution is -2.01. The predicted octanol–water partition coefficient (Wildman–Crippen LogP) is 4.94. The lowest BCUT2D eigenvalue weighted by molar-refractivity contribution is 0.275. The second kappa shape index (κ2) is 6.65. The Balaban J connectivity index is 2.02. The largest absolute Gasteiger partial charge is 0.496 e. The zero-order chi connectivity index (χ0) is 18.1. The summed E-state index contributed by atoms with van der Waals surface area (Å²) >= 11 is 0. The van der Waals surface area contributed by atoms with Crippen molar-refractivity contribution in [2.45, 2.75) is 13.5 Å². The number of pyridine rings is 1. The highest BCUT2D eigenvalue weighted by molar-refractivity contribution is 6.02. The Hall–Kier alpha value is -3.11. The summed E-state index contributed by atoms with van der Waals surface area (Å²) in [4.78, 5) is 4.82. The van der Waals surface area contributed by atoms with Crippen molar-refractivity contribution in [3.05, 3.63) is 71.8 Å². The van der Waals surface area contributed by atoms with Crippen LogP contribution < -0.4 is 10.1 Å². The van der Waals surface area contributed by atoms with Crippen LogP contribution >= 0.6 is 0 Å². The van der Waals surface area contributed by atoms with Crippen LogP contribution in [-0.4, -0.2) is 17.2 Å². The molecule has 0 aliphatic rings. The zero-order valence-electron chi connectivity index (χ0n) is 14.8. The fourth-order valence-corrected chi connectivity index (χ4v) is 3.25. The van der Waals surface area contributed by atoms with Crippen LogP contribution in [0, 0.1) is 6.92 Å². The predicted molar refractivity (Wildman–Crippen MR) is 106 cm³/mol. The third kappa shape index (κ3) is 2.85. The van der Waals surface area contributed by atoms with Crippen molar-refractivity contribution in [3.63, 3.8) is 0 Å². The Labute approximate surface area is 152 Å². The number of nitrogens with zero attached hydrogens (tertiary/aromatic N) is 1. The summed E-state index contributed by atoms with van der Waals surface area (Å²) in [5, 5.41) is 15.4. The third-order valence-corrected chi connectivity index (χ3v) is 4.56. The van der Waals surface area contributed by atoms with Crippen LogP contribution in [0.25, 0.3) is 21.8 Å². The lowest BCUT2D eigenvalue weighted by Gasteiger charge is -2.17. The van der Waals surface area contributed by atoms with E-state index >= 15 is 0 Å². The number of para-hydroxylation sites is 1. The molecule has 26 heavy (non-hydrogen) atoms. The molecule has 3 aromatic carbocycles. The van der Waals surface area contributed by atoms with Crippen molar-refractivity contribution in [2.24, 2.45) is 0 Å². The number of benzene rings is 3. The number of fused-ring (bicyclic) bond motifs is 2. The van der Waals surface area contributed by atoms with E-state index in [0.29, 0.717) is 5.75 Å². The van der Waals surface area contributed by atoms with Crippen molar-refractivity contribution in [2.75, 3.05) is 12.4 Å². The van der Waals surface area contributed by atoms with Crippen LogP contribution in [0.4, 0.5) is 11.4 Å². The van der Waals surface area contributed by atoms with E-state index in [0.717, 1.165) is 38.7 Å². The number of aliphatic hydroxyl groups is 1. The summed E-state index contributed by atoms with van der Waals surface area (Å²) in [5.41, 5.74) is 5.43. The number of methoxy groups -OCH3 is 1. The summed E-state index contributed by atoms with van der Waals surface area (Å²) < 4.78 is 5.52. The van der Waals surface area contributed by atoms with Crippen LogP contribution in [0.15, 0.2) is 60.7 Å². The topological polar surface area (TPSA) is 54.4 Å². The van der Waals surface area contributed by atoms with Gasteiger partial charge in [0.2, 0.25) is 0 Å². The van der Waals surface area contributed by atoms with Gasteiger partial charge in [-0.25, -0.2) is 4.98 Å². The molecule has 0 atom stereocenters. The number of ether oxygens (including phenoxy) is 1. The van der Waals surface area contributed by atoms with E-state index in [2.05, 4.69) is 36.5 Å². The third-order valence-electron chi connectivity index (χ3n) is 4.56. The van der Waals surface area contributed by atoms with Gasteiger partial charge in [0, 0.05) is 28.1 Å². The molecule has 0 amide bonds. The summed E-state index contributed by atoms with van der Waals surface area (Å²) in [6, 6.07) is 20.1. The Morgan fingerprint density at radius 1 is 1.00 bits per heavy atom. The first-order valence-corrected chi connectivity index (χ1v) is 8.53. The molecule has 0 saturated heterocycles. The molecule has 0 bridgehead atoms. The van der Waals surface area contributed by atoms with Gasteiger partial charge in [0.15, 0.2) is 0 Å². The molecule has 1 heterocycles. The van der Waals surface area contributed by atoms with Crippen LogP contribution in [0.3, 0.4) is 0 Å². The maximum absolute atomic E-state index is 9.98. The summed E-state index contributed by atoms with van der Waals surface area (Å²) in [5.74, 6) is 0.623. The molecule has 4 aromatic rings. The van der Waals surface area contributed by atoms with Gasteiger partial charge in [0.1, 0.15) is 5.75 Å². The number of nitrogens with one attached hydrogen (secondary N) is 1. The Morgan fingerprint density at radius 3 is 2.54 bits per heavy atom. The van der Waals surface area contributed by atoms with E-state index in [9.17, 15) is 5.11 Å². The number of aliphatic hydroxyl groups excluding tert-OH is 1. The first-order valence-electron chi connectivity index (χ1n) is 8.53. The second-order valence-corrected chi connectivity index (χ2v) is 6.33. The van der Waals surface area contributed by atoms with Gasteiger partial charge in [-0.15, -0.1) is 0 Å². The van der Waals surface area contributed by atoms with Gasteiger partial charge in [-0.2, -0.15) is 0 Å². The molecular formula is C22H20N2O2. The molecule has 0 aliphatic carbocycles. The fourth-order valence-electron chi connectivity index (χ4n) is 3.25. The van der Waals surface area contributed by atoms with E-state index in [-0.39, 0.29) is 6.61 Å². The zero-order valence-corrected chi connectivity index (χ0v) is 14.8. The molecule has 0 fully saturated rings. The van der Waals surface area contributed by atoms with Gasteiger partial charge < -0.3 is 15.2 Å². The molecule has 0 saturated carbocycles. The number of anilines is 2. The number of aromatic nitrogens is 1. The van der Waals surface area contributed by atoms with Crippen molar-refractivity contribution in [1.82, 2.24) is 4.98 Å². The molecule has 2 N–H and O–H groups in total. The molecule has 0 spiro atoms. The van der Waals surface area contributed by atoms with Gasteiger partial charge in [-0.3, -0.25) is 0 Å². The van der Waals surface area contributed by atoms with E-state index in [1.54, 1.807) is 7.11 Å². The van der Waals surface area contributed by atoms with Gasteiger partial charge in [-0.1, -0.05) is 30.3 Å². The number of hydrogen-bond donors (Lipinski definition) is 2. The Bertz CT molecular complexity index is 1090. The standard InChI is InChI=1S/C22H20N2O2/c1-14-8-9-15-11-17-20(24-19(15)10-14)12-21(26-2)18(13-25)22(17)23-16-6-4-3-5-7-16/h3-12,23,25H,13H2,1-2H3. The van der Waals surface area contributed by atoms with E-state index in [1.165, 1.54) is 5.56 Å². The Morgan fingerprint density at radius 2 is 1.81 bits per heavy atom. The molecule has 0 radical (unpaired) electrons. The number of rotatable bonds is 4. The van der Waals surface area contributed by atoms with E-state index in [4.69, 9.17) is 9.72 Å². The molecule has 1 aromatic heterocycles. The van der Waals surface area contributed by atoms with E-state index < -0.39 is 0 Å². The molecule has 0 unspecified atom stereocenters. The highest BCUT2D eigenvalue weighted by Gasteiger charge is 2.15.